The van der Waals surface area contributed by atoms with E-state index in [2.05, 4.69) is 22.5 Å². The van der Waals surface area contributed by atoms with E-state index in [9.17, 15) is 27.2 Å². The molecule has 0 radical (unpaired) electrons. The first-order valence-electron chi connectivity index (χ1n) is 8.15. The molecule has 3 amide bonds. The largest absolute Gasteiger partial charge is 0.418 e. The molecule has 2 atom stereocenters. The van der Waals surface area contributed by atoms with Crippen molar-refractivity contribution in [3.63, 3.8) is 0 Å². The van der Waals surface area contributed by atoms with Crippen LogP contribution in [0.25, 0.3) is 0 Å². The summed E-state index contributed by atoms with van der Waals surface area (Å²) >= 11 is 0. The van der Waals surface area contributed by atoms with Crippen LogP contribution in [0.3, 0.4) is 0 Å². The monoisotopic (exact) mass is 393 g/mol. The second kappa shape index (κ2) is 7.34. The number of anilines is 1. The van der Waals surface area contributed by atoms with Crippen LogP contribution in [0.15, 0.2) is 60.8 Å². The standard InChI is InChI=1S/C19H15F4N3O2/c1-10-15(16(26-18(28)24-10)11-6-8-12(20)9-7-11)17(27)25-14-5-3-2-4-13(14)19(21,22)23/h2-9,15-16H,1H2,(H,25,27)(H2,24,26,28)/t15-,16-/m1/s1. The van der Waals surface area contributed by atoms with Gasteiger partial charge in [-0.2, -0.15) is 13.2 Å². The fourth-order valence-corrected chi connectivity index (χ4v) is 2.99. The van der Waals surface area contributed by atoms with Crippen molar-refractivity contribution >= 4 is 17.6 Å². The highest BCUT2D eigenvalue weighted by molar-refractivity contribution is 5.97. The second-order valence-electron chi connectivity index (χ2n) is 6.16. The lowest BCUT2D eigenvalue weighted by atomic mass is 9.88. The summed E-state index contributed by atoms with van der Waals surface area (Å²) in [6.07, 6.45) is -4.66. The van der Waals surface area contributed by atoms with Crippen LogP contribution in [0.1, 0.15) is 17.2 Å². The van der Waals surface area contributed by atoms with Crippen molar-refractivity contribution in [3.8, 4) is 0 Å². The summed E-state index contributed by atoms with van der Waals surface area (Å²) in [5, 5.41) is 7.14. The Bertz CT molecular complexity index is 926. The summed E-state index contributed by atoms with van der Waals surface area (Å²) in [7, 11) is 0. The molecule has 1 aliphatic rings. The van der Waals surface area contributed by atoms with E-state index in [1.54, 1.807) is 0 Å². The Morgan fingerprint density at radius 1 is 1.07 bits per heavy atom. The third-order valence-corrected chi connectivity index (χ3v) is 4.27. The Kier molecular flexibility index (Phi) is 5.08. The highest BCUT2D eigenvalue weighted by Gasteiger charge is 2.39. The summed E-state index contributed by atoms with van der Waals surface area (Å²) in [6.45, 7) is 3.64. The van der Waals surface area contributed by atoms with E-state index in [-0.39, 0.29) is 5.70 Å². The number of alkyl halides is 3. The lowest BCUT2D eigenvalue weighted by Gasteiger charge is -2.34. The van der Waals surface area contributed by atoms with Gasteiger partial charge in [-0.3, -0.25) is 4.79 Å². The van der Waals surface area contributed by atoms with Gasteiger partial charge in [-0.25, -0.2) is 9.18 Å². The van der Waals surface area contributed by atoms with E-state index in [1.807, 2.05) is 0 Å². The van der Waals surface area contributed by atoms with E-state index in [4.69, 9.17) is 0 Å². The van der Waals surface area contributed by atoms with Gasteiger partial charge in [0, 0.05) is 5.70 Å². The topological polar surface area (TPSA) is 70.2 Å². The molecule has 0 unspecified atom stereocenters. The first-order valence-corrected chi connectivity index (χ1v) is 8.15. The minimum atomic E-state index is -4.66. The van der Waals surface area contributed by atoms with E-state index in [1.165, 1.54) is 24.3 Å². The van der Waals surface area contributed by atoms with Gasteiger partial charge in [0.25, 0.3) is 0 Å². The number of carbonyl (C=O) groups is 2. The predicted molar refractivity (Wildman–Crippen MR) is 93.5 cm³/mol. The molecule has 146 valence electrons. The molecule has 2 aromatic carbocycles. The zero-order valence-electron chi connectivity index (χ0n) is 14.3. The molecule has 2 aromatic rings. The lowest BCUT2D eigenvalue weighted by Crippen LogP contribution is -2.51. The zero-order valence-corrected chi connectivity index (χ0v) is 14.3. The number of nitrogens with one attached hydrogen (secondary N) is 3. The molecule has 1 heterocycles. The van der Waals surface area contributed by atoms with Crippen LogP contribution in [0.2, 0.25) is 0 Å². The third kappa shape index (κ3) is 3.98. The number of para-hydroxylation sites is 1. The lowest BCUT2D eigenvalue weighted by molar-refractivity contribution is -0.137. The molecule has 28 heavy (non-hydrogen) atoms. The SMILES string of the molecule is C=C1NC(=O)N[C@H](c2ccc(F)cc2)[C@@H]1C(=O)Nc1ccccc1C(F)(F)F. The van der Waals surface area contributed by atoms with Gasteiger partial charge in [-0.1, -0.05) is 30.8 Å². The molecular weight excluding hydrogens is 378 g/mol. The molecule has 1 aliphatic heterocycles. The van der Waals surface area contributed by atoms with Gasteiger partial charge < -0.3 is 16.0 Å². The van der Waals surface area contributed by atoms with Crippen molar-refractivity contribution in [2.75, 3.05) is 5.32 Å². The second-order valence-corrected chi connectivity index (χ2v) is 6.16. The molecule has 0 spiro atoms. The van der Waals surface area contributed by atoms with Crippen LogP contribution in [-0.4, -0.2) is 11.9 Å². The summed E-state index contributed by atoms with van der Waals surface area (Å²) < 4.78 is 52.7. The molecule has 1 fully saturated rings. The Labute approximate surface area is 157 Å². The van der Waals surface area contributed by atoms with Gasteiger partial charge in [0.2, 0.25) is 5.91 Å². The predicted octanol–water partition coefficient (Wildman–Crippen LogP) is 3.97. The number of hydrogen-bond acceptors (Lipinski definition) is 2. The highest BCUT2D eigenvalue weighted by atomic mass is 19.4. The number of amides is 3. The zero-order chi connectivity index (χ0) is 20.5. The Hall–Kier alpha value is -3.36. The van der Waals surface area contributed by atoms with Crippen LogP contribution in [0, 0.1) is 11.7 Å². The van der Waals surface area contributed by atoms with Crippen molar-refractivity contribution in [1.29, 1.82) is 0 Å². The van der Waals surface area contributed by atoms with Crippen molar-refractivity contribution in [3.05, 3.63) is 77.8 Å². The maximum Gasteiger partial charge on any atom is 0.418 e. The molecule has 1 saturated heterocycles. The molecule has 0 aliphatic carbocycles. The maximum absolute atomic E-state index is 13.2. The molecule has 3 N–H and O–H groups in total. The molecule has 0 bridgehead atoms. The van der Waals surface area contributed by atoms with Crippen LogP contribution >= 0.6 is 0 Å². The highest BCUT2D eigenvalue weighted by Crippen LogP contribution is 2.36. The van der Waals surface area contributed by atoms with Crippen molar-refractivity contribution in [1.82, 2.24) is 10.6 Å². The molecule has 0 aromatic heterocycles. The van der Waals surface area contributed by atoms with E-state index in [0.29, 0.717) is 5.56 Å². The van der Waals surface area contributed by atoms with Crippen LogP contribution < -0.4 is 16.0 Å². The average Bonchev–Trinajstić information content (AvgIpc) is 2.61. The smallest absolute Gasteiger partial charge is 0.330 e. The summed E-state index contributed by atoms with van der Waals surface area (Å²) in [4.78, 5) is 24.6. The number of carbonyl (C=O) groups excluding carboxylic acids is 2. The number of hydrogen-bond donors (Lipinski definition) is 3. The first-order chi connectivity index (χ1) is 13.2. The van der Waals surface area contributed by atoms with Gasteiger partial charge in [0.15, 0.2) is 0 Å². The maximum atomic E-state index is 13.2. The first kappa shape index (κ1) is 19.4. The minimum absolute atomic E-state index is 0.0139. The molecule has 9 heteroatoms. The summed E-state index contributed by atoms with van der Waals surface area (Å²) in [5.41, 5.74) is -0.996. The van der Waals surface area contributed by atoms with Gasteiger partial charge in [-0.05, 0) is 29.8 Å². The minimum Gasteiger partial charge on any atom is -0.330 e. The number of halogens is 4. The average molecular weight is 393 g/mol. The van der Waals surface area contributed by atoms with E-state index in [0.717, 1.165) is 24.3 Å². The third-order valence-electron chi connectivity index (χ3n) is 4.27. The van der Waals surface area contributed by atoms with Crippen molar-refractivity contribution in [2.24, 2.45) is 5.92 Å². The van der Waals surface area contributed by atoms with E-state index >= 15 is 0 Å². The van der Waals surface area contributed by atoms with Gasteiger partial charge >= 0.3 is 12.2 Å². The molecule has 5 nitrogen and oxygen atoms in total. The fraction of sp³-hybridized carbons (Fsp3) is 0.158. The number of rotatable bonds is 3. The van der Waals surface area contributed by atoms with E-state index < -0.39 is 47.1 Å². The van der Waals surface area contributed by atoms with Gasteiger partial charge in [0.05, 0.1) is 17.3 Å². The van der Waals surface area contributed by atoms with Gasteiger partial charge in [-0.15, -0.1) is 0 Å². The molecular formula is C19H15F4N3O2. The number of urea groups is 1. The Morgan fingerprint density at radius 2 is 1.71 bits per heavy atom. The normalized spacial score (nSPS) is 19.6. The summed E-state index contributed by atoms with van der Waals surface area (Å²) in [5.74, 6) is -2.43. The quantitative estimate of drug-likeness (QED) is 0.691. The fourth-order valence-electron chi connectivity index (χ4n) is 2.99. The van der Waals surface area contributed by atoms with Crippen molar-refractivity contribution < 1.29 is 27.2 Å². The molecule has 0 saturated carbocycles. The van der Waals surface area contributed by atoms with Crippen LogP contribution in [0.5, 0.6) is 0 Å². The Balaban J connectivity index is 1.93. The number of benzene rings is 2. The van der Waals surface area contributed by atoms with Crippen molar-refractivity contribution in [2.45, 2.75) is 12.2 Å². The summed E-state index contributed by atoms with van der Waals surface area (Å²) in [6, 6.07) is 8.05. The molecule has 3 rings (SSSR count). The Morgan fingerprint density at radius 3 is 2.36 bits per heavy atom. The van der Waals surface area contributed by atoms with Crippen LogP contribution in [0.4, 0.5) is 28.0 Å². The van der Waals surface area contributed by atoms with Gasteiger partial charge in [0.1, 0.15) is 11.7 Å². The van der Waals surface area contributed by atoms with Crippen LogP contribution in [-0.2, 0) is 11.0 Å².